The van der Waals surface area contributed by atoms with Gasteiger partial charge in [0.25, 0.3) is 5.91 Å². The molecule has 1 aliphatic heterocycles. The molecule has 2 N–H and O–H groups in total. The molecule has 0 unspecified atom stereocenters. The van der Waals surface area contributed by atoms with E-state index >= 15 is 0 Å². The highest BCUT2D eigenvalue weighted by Crippen LogP contribution is 2.18. The maximum absolute atomic E-state index is 12.1. The monoisotopic (exact) mass is 269 g/mol. The average Bonchev–Trinajstić information content (AvgIpc) is 2.76. The third-order valence-electron chi connectivity index (χ3n) is 2.76. The lowest BCUT2D eigenvalue weighted by Gasteiger charge is -2.28. The van der Waals surface area contributed by atoms with Gasteiger partial charge in [-0.3, -0.25) is 9.59 Å². The molecule has 1 aromatic heterocycles. The maximum Gasteiger partial charge on any atom is 0.273 e. The third-order valence-corrected chi connectivity index (χ3v) is 3.52. The van der Waals surface area contributed by atoms with Crippen molar-refractivity contribution < 1.29 is 14.7 Å². The van der Waals surface area contributed by atoms with Gasteiger partial charge in [-0.25, -0.2) is 4.98 Å². The minimum Gasteiger partial charge on any atom is -0.393 e. The lowest BCUT2D eigenvalue weighted by atomic mass is 10.1. The fraction of sp³-hybridized carbons (Fsp3) is 0.545. The number of piperidine rings is 1. The zero-order chi connectivity index (χ0) is 13.1. The van der Waals surface area contributed by atoms with E-state index < -0.39 is 0 Å². The summed E-state index contributed by atoms with van der Waals surface area (Å²) in [5.41, 5.74) is 0.347. The molecule has 0 spiro atoms. The molecule has 1 fully saturated rings. The Morgan fingerprint density at radius 1 is 1.50 bits per heavy atom. The van der Waals surface area contributed by atoms with Crippen LogP contribution in [-0.4, -0.2) is 46.0 Å². The van der Waals surface area contributed by atoms with E-state index in [2.05, 4.69) is 10.3 Å². The van der Waals surface area contributed by atoms with Gasteiger partial charge < -0.3 is 15.3 Å². The van der Waals surface area contributed by atoms with Gasteiger partial charge in [0, 0.05) is 25.4 Å². The molecule has 0 radical (unpaired) electrons. The van der Waals surface area contributed by atoms with Gasteiger partial charge in [-0.1, -0.05) is 0 Å². The quantitative estimate of drug-likeness (QED) is 0.828. The molecule has 0 aliphatic carbocycles. The van der Waals surface area contributed by atoms with E-state index in [9.17, 15) is 14.7 Å². The van der Waals surface area contributed by atoms with Crippen molar-refractivity contribution in [1.29, 1.82) is 0 Å². The number of thiazole rings is 1. The summed E-state index contributed by atoms with van der Waals surface area (Å²) < 4.78 is 0. The molecule has 0 atom stereocenters. The highest BCUT2D eigenvalue weighted by atomic mass is 32.1. The van der Waals surface area contributed by atoms with Crippen molar-refractivity contribution in [2.24, 2.45) is 0 Å². The molecule has 0 aromatic carbocycles. The Bertz CT molecular complexity index is 452. The summed E-state index contributed by atoms with van der Waals surface area (Å²) in [6.45, 7) is 2.49. The standard InChI is InChI=1S/C11H15N3O3S/c1-7(15)12-11-13-9(6-18-11)10(17)14-4-2-8(16)3-5-14/h6,8,16H,2-5H2,1H3,(H,12,13,15). The number of aliphatic hydroxyl groups is 1. The van der Waals surface area contributed by atoms with Crippen molar-refractivity contribution in [3.63, 3.8) is 0 Å². The molecule has 1 aromatic rings. The minimum atomic E-state index is -0.306. The molecule has 1 saturated heterocycles. The van der Waals surface area contributed by atoms with Gasteiger partial charge in [-0.05, 0) is 12.8 Å². The average molecular weight is 269 g/mol. The maximum atomic E-state index is 12.1. The first kappa shape index (κ1) is 13.0. The van der Waals surface area contributed by atoms with Crippen LogP contribution in [0.25, 0.3) is 0 Å². The first-order valence-electron chi connectivity index (χ1n) is 5.76. The Morgan fingerprint density at radius 2 is 2.17 bits per heavy atom. The molecular formula is C11H15N3O3S. The summed E-state index contributed by atoms with van der Waals surface area (Å²) in [6, 6.07) is 0. The fourth-order valence-electron chi connectivity index (χ4n) is 1.81. The summed E-state index contributed by atoms with van der Waals surface area (Å²) >= 11 is 1.23. The molecule has 2 amide bonds. The summed E-state index contributed by atoms with van der Waals surface area (Å²) in [4.78, 5) is 28.7. The number of anilines is 1. The highest BCUT2D eigenvalue weighted by Gasteiger charge is 2.23. The molecule has 1 aliphatic rings. The Balaban J connectivity index is 2.00. The zero-order valence-corrected chi connectivity index (χ0v) is 10.9. The van der Waals surface area contributed by atoms with E-state index in [1.807, 2.05) is 0 Å². The van der Waals surface area contributed by atoms with Crippen LogP contribution in [0.4, 0.5) is 5.13 Å². The fourth-order valence-corrected chi connectivity index (χ4v) is 2.54. The third kappa shape index (κ3) is 3.05. The van der Waals surface area contributed by atoms with E-state index in [0.717, 1.165) is 0 Å². The number of carbonyl (C=O) groups is 2. The van der Waals surface area contributed by atoms with Crippen LogP contribution in [0, 0.1) is 0 Å². The van der Waals surface area contributed by atoms with Crippen molar-refractivity contribution >= 4 is 28.3 Å². The van der Waals surface area contributed by atoms with Crippen molar-refractivity contribution in [3.8, 4) is 0 Å². The van der Waals surface area contributed by atoms with E-state index in [1.165, 1.54) is 18.3 Å². The van der Waals surface area contributed by atoms with Crippen molar-refractivity contribution in [2.45, 2.75) is 25.9 Å². The number of aromatic nitrogens is 1. The van der Waals surface area contributed by atoms with Crippen LogP contribution in [0.2, 0.25) is 0 Å². The summed E-state index contributed by atoms with van der Waals surface area (Å²) in [6.07, 6.45) is 0.905. The number of nitrogens with zero attached hydrogens (tertiary/aromatic N) is 2. The number of hydrogen-bond donors (Lipinski definition) is 2. The van der Waals surface area contributed by atoms with Crippen LogP contribution in [0.5, 0.6) is 0 Å². The molecule has 6 nitrogen and oxygen atoms in total. The van der Waals surface area contributed by atoms with Gasteiger partial charge in [0.05, 0.1) is 6.10 Å². The highest BCUT2D eigenvalue weighted by molar-refractivity contribution is 7.14. The predicted octanol–water partition coefficient (Wildman–Crippen LogP) is 0.698. The Morgan fingerprint density at radius 3 is 2.78 bits per heavy atom. The molecular weight excluding hydrogens is 254 g/mol. The van der Waals surface area contributed by atoms with Crippen LogP contribution in [0.1, 0.15) is 30.3 Å². The minimum absolute atomic E-state index is 0.144. The number of hydrogen-bond acceptors (Lipinski definition) is 5. The summed E-state index contributed by atoms with van der Waals surface area (Å²) in [5, 5.41) is 14.0. The number of carbonyl (C=O) groups excluding carboxylic acids is 2. The summed E-state index contributed by atoms with van der Waals surface area (Å²) in [7, 11) is 0. The second-order valence-corrected chi connectivity index (χ2v) is 5.10. The molecule has 0 bridgehead atoms. The van der Waals surface area contributed by atoms with Crippen LogP contribution < -0.4 is 5.32 Å². The number of nitrogens with one attached hydrogen (secondary N) is 1. The van der Waals surface area contributed by atoms with Gasteiger partial charge >= 0.3 is 0 Å². The number of rotatable bonds is 2. The van der Waals surface area contributed by atoms with Gasteiger partial charge in [0.15, 0.2) is 5.13 Å². The van der Waals surface area contributed by atoms with E-state index in [1.54, 1.807) is 10.3 Å². The number of amides is 2. The largest absolute Gasteiger partial charge is 0.393 e. The van der Waals surface area contributed by atoms with Crippen molar-refractivity contribution in [3.05, 3.63) is 11.1 Å². The van der Waals surface area contributed by atoms with Crippen LogP contribution in [-0.2, 0) is 4.79 Å². The Kier molecular flexibility index (Phi) is 3.93. The van der Waals surface area contributed by atoms with Gasteiger partial charge in [-0.2, -0.15) is 0 Å². The van der Waals surface area contributed by atoms with Gasteiger partial charge in [0.1, 0.15) is 5.69 Å². The van der Waals surface area contributed by atoms with Crippen molar-refractivity contribution in [1.82, 2.24) is 9.88 Å². The molecule has 98 valence electrons. The predicted molar refractivity (Wildman–Crippen MR) is 67.6 cm³/mol. The molecule has 7 heteroatoms. The SMILES string of the molecule is CC(=O)Nc1nc(C(=O)N2CCC(O)CC2)cs1. The first-order chi connectivity index (χ1) is 8.56. The number of aliphatic hydroxyl groups excluding tert-OH is 1. The topological polar surface area (TPSA) is 82.5 Å². The Hall–Kier alpha value is -1.47. The molecule has 0 saturated carbocycles. The lowest BCUT2D eigenvalue weighted by molar-refractivity contribution is -0.114. The van der Waals surface area contributed by atoms with E-state index in [-0.39, 0.29) is 17.9 Å². The van der Waals surface area contributed by atoms with Crippen LogP contribution in [0.15, 0.2) is 5.38 Å². The molecule has 2 heterocycles. The lowest BCUT2D eigenvalue weighted by Crippen LogP contribution is -2.40. The van der Waals surface area contributed by atoms with Gasteiger partial charge in [-0.15, -0.1) is 11.3 Å². The second-order valence-electron chi connectivity index (χ2n) is 4.24. The van der Waals surface area contributed by atoms with E-state index in [4.69, 9.17) is 0 Å². The first-order valence-corrected chi connectivity index (χ1v) is 6.64. The molecule has 18 heavy (non-hydrogen) atoms. The second kappa shape index (κ2) is 5.45. The van der Waals surface area contributed by atoms with Crippen LogP contribution >= 0.6 is 11.3 Å². The smallest absolute Gasteiger partial charge is 0.273 e. The van der Waals surface area contributed by atoms with Crippen LogP contribution in [0.3, 0.4) is 0 Å². The van der Waals surface area contributed by atoms with E-state index in [0.29, 0.717) is 36.8 Å². The molecule has 2 rings (SSSR count). The zero-order valence-electron chi connectivity index (χ0n) is 10.0. The Labute approximate surface area is 109 Å². The van der Waals surface area contributed by atoms with Crippen molar-refractivity contribution in [2.75, 3.05) is 18.4 Å². The normalized spacial score (nSPS) is 16.7. The van der Waals surface area contributed by atoms with Gasteiger partial charge in [0.2, 0.25) is 5.91 Å². The number of likely N-dealkylation sites (tertiary alicyclic amines) is 1. The summed E-state index contributed by atoms with van der Waals surface area (Å²) in [5.74, 6) is -0.348.